The second-order valence-corrected chi connectivity index (χ2v) is 5.85. The van der Waals surface area contributed by atoms with E-state index in [1.54, 1.807) is 0 Å². The van der Waals surface area contributed by atoms with E-state index in [-0.39, 0.29) is 5.41 Å². The Hall–Kier alpha value is -0.990. The SMILES string of the molecule is CCC(C)n1c(NC)nc2c1CCCC2(C)C. The van der Waals surface area contributed by atoms with Crippen LogP contribution in [0, 0.1) is 0 Å². The smallest absolute Gasteiger partial charge is 0.203 e. The summed E-state index contributed by atoms with van der Waals surface area (Å²) in [7, 11) is 1.97. The maximum Gasteiger partial charge on any atom is 0.203 e. The van der Waals surface area contributed by atoms with E-state index in [0.29, 0.717) is 6.04 Å². The maximum absolute atomic E-state index is 4.84. The predicted octanol–water partition coefficient (Wildman–Crippen LogP) is 3.51. The Kier molecular flexibility index (Phi) is 3.19. The zero-order valence-corrected chi connectivity index (χ0v) is 11.8. The van der Waals surface area contributed by atoms with E-state index < -0.39 is 0 Å². The standard InChI is InChI=1S/C14H25N3/c1-6-10(2)17-11-8-7-9-14(3,4)12(11)16-13(17)15-5/h10H,6-9H2,1-5H3,(H,15,16). The first-order chi connectivity index (χ1) is 8.01. The summed E-state index contributed by atoms with van der Waals surface area (Å²) in [4.78, 5) is 4.84. The first-order valence-corrected chi connectivity index (χ1v) is 6.80. The highest BCUT2D eigenvalue weighted by Gasteiger charge is 2.33. The average molecular weight is 235 g/mol. The highest BCUT2D eigenvalue weighted by Crippen LogP contribution is 2.39. The Balaban J connectivity index is 2.55. The Morgan fingerprint density at radius 3 is 2.76 bits per heavy atom. The fourth-order valence-corrected chi connectivity index (χ4v) is 2.90. The van der Waals surface area contributed by atoms with Crippen molar-refractivity contribution in [3.63, 3.8) is 0 Å². The number of anilines is 1. The van der Waals surface area contributed by atoms with E-state index >= 15 is 0 Å². The summed E-state index contributed by atoms with van der Waals surface area (Å²) >= 11 is 0. The van der Waals surface area contributed by atoms with Crippen molar-refractivity contribution in [3.8, 4) is 0 Å². The first-order valence-electron chi connectivity index (χ1n) is 6.80. The molecule has 3 nitrogen and oxygen atoms in total. The summed E-state index contributed by atoms with van der Waals surface area (Å²) in [6, 6.07) is 0.530. The van der Waals surface area contributed by atoms with Crippen LogP contribution in [-0.2, 0) is 11.8 Å². The maximum atomic E-state index is 4.84. The van der Waals surface area contributed by atoms with Gasteiger partial charge in [0.25, 0.3) is 0 Å². The molecule has 0 saturated carbocycles. The van der Waals surface area contributed by atoms with Crippen LogP contribution in [0.5, 0.6) is 0 Å². The van der Waals surface area contributed by atoms with Gasteiger partial charge in [-0.3, -0.25) is 0 Å². The van der Waals surface area contributed by atoms with Gasteiger partial charge < -0.3 is 9.88 Å². The van der Waals surface area contributed by atoms with Crippen molar-refractivity contribution in [2.24, 2.45) is 0 Å². The van der Waals surface area contributed by atoms with Gasteiger partial charge in [-0.2, -0.15) is 0 Å². The summed E-state index contributed by atoms with van der Waals surface area (Å²) in [5.41, 5.74) is 3.01. The fourth-order valence-electron chi connectivity index (χ4n) is 2.90. The second-order valence-electron chi connectivity index (χ2n) is 5.85. The van der Waals surface area contributed by atoms with Gasteiger partial charge in [0.15, 0.2) is 0 Å². The Morgan fingerprint density at radius 2 is 2.18 bits per heavy atom. The average Bonchev–Trinajstić information content (AvgIpc) is 2.67. The second kappa shape index (κ2) is 4.35. The van der Waals surface area contributed by atoms with E-state index in [1.807, 2.05) is 7.05 Å². The first kappa shape index (κ1) is 12.5. The van der Waals surface area contributed by atoms with Gasteiger partial charge in [-0.05, 0) is 32.6 Å². The minimum Gasteiger partial charge on any atom is -0.359 e. The third kappa shape index (κ3) is 1.96. The van der Waals surface area contributed by atoms with Gasteiger partial charge in [0.05, 0.1) is 5.69 Å². The highest BCUT2D eigenvalue weighted by molar-refractivity contribution is 5.39. The van der Waals surface area contributed by atoms with E-state index in [9.17, 15) is 0 Å². The molecule has 17 heavy (non-hydrogen) atoms. The zero-order chi connectivity index (χ0) is 12.6. The zero-order valence-electron chi connectivity index (χ0n) is 11.8. The van der Waals surface area contributed by atoms with Gasteiger partial charge in [0.1, 0.15) is 0 Å². The molecule has 0 spiro atoms. The molecule has 1 aromatic heterocycles. The van der Waals surface area contributed by atoms with Crippen LogP contribution in [0.1, 0.15) is 64.4 Å². The van der Waals surface area contributed by atoms with Crippen molar-refractivity contribution in [2.75, 3.05) is 12.4 Å². The monoisotopic (exact) mass is 235 g/mol. The van der Waals surface area contributed by atoms with Gasteiger partial charge in [-0.25, -0.2) is 4.98 Å². The molecule has 1 aliphatic rings. The third-order valence-corrected chi connectivity index (χ3v) is 4.12. The number of nitrogens with one attached hydrogen (secondary N) is 1. The normalized spacial score (nSPS) is 19.8. The van der Waals surface area contributed by atoms with E-state index in [4.69, 9.17) is 4.98 Å². The Labute approximate surface area is 105 Å². The fraction of sp³-hybridized carbons (Fsp3) is 0.786. The number of imidazole rings is 1. The van der Waals surface area contributed by atoms with Crippen molar-refractivity contribution in [1.29, 1.82) is 0 Å². The Bertz CT molecular complexity index is 404. The molecule has 0 aliphatic heterocycles. The summed E-state index contributed by atoms with van der Waals surface area (Å²) < 4.78 is 2.41. The van der Waals surface area contributed by atoms with Gasteiger partial charge in [0.2, 0.25) is 5.95 Å². The predicted molar refractivity (Wildman–Crippen MR) is 72.7 cm³/mol. The van der Waals surface area contributed by atoms with E-state index in [0.717, 1.165) is 12.4 Å². The van der Waals surface area contributed by atoms with Gasteiger partial charge in [-0.15, -0.1) is 0 Å². The van der Waals surface area contributed by atoms with Crippen molar-refractivity contribution < 1.29 is 0 Å². The lowest BCUT2D eigenvalue weighted by Crippen LogP contribution is -2.25. The molecule has 0 bridgehead atoms. The molecular weight excluding hydrogens is 210 g/mol. The minimum absolute atomic E-state index is 0.234. The number of rotatable bonds is 3. The molecule has 0 fully saturated rings. The highest BCUT2D eigenvalue weighted by atomic mass is 15.2. The number of nitrogens with zero attached hydrogens (tertiary/aromatic N) is 2. The van der Waals surface area contributed by atoms with Gasteiger partial charge in [-0.1, -0.05) is 20.8 Å². The van der Waals surface area contributed by atoms with Crippen LogP contribution in [0.25, 0.3) is 0 Å². The summed E-state index contributed by atoms with van der Waals surface area (Å²) in [5, 5.41) is 3.26. The number of hydrogen-bond acceptors (Lipinski definition) is 2. The Morgan fingerprint density at radius 1 is 1.47 bits per heavy atom. The number of fused-ring (bicyclic) bond motifs is 1. The van der Waals surface area contributed by atoms with Crippen LogP contribution < -0.4 is 5.32 Å². The van der Waals surface area contributed by atoms with Crippen LogP contribution in [0.3, 0.4) is 0 Å². The van der Waals surface area contributed by atoms with E-state index in [2.05, 4.69) is 37.6 Å². The molecule has 0 saturated heterocycles. The van der Waals surface area contributed by atoms with Crippen LogP contribution in [-0.4, -0.2) is 16.6 Å². The van der Waals surface area contributed by atoms with Crippen molar-refractivity contribution >= 4 is 5.95 Å². The molecule has 0 radical (unpaired) electrons. The van der Waals surface area contributed by atoms with Crippen LogP contribution >= 0.6 is 0 Å². The third-order valence-electron chi connectivity index (χ3n) is 4.12. The largest absolute Gasteiger partial charge is 0.359 e. The molecular formula is C14H25N3. The molecule has 0 amide bonds. The molecule has 0 aromatic carbocycles. The molecule has 1 heterocycles. The van der Waals surface area contributed by atoms with Crippen LogP contribution in [0.15, 0.2) is 0 Å². The molecule has 1 N–H and O–H groups in total. The quantitative estimate of drug-likeness (QED) is 0.869. The lowest BCUT2D eigenvalue weighted by atomic mass is 9.78. The molecule has 2 rings (SSSR count). The van der Waals surface area contributed by atoms with Crippen molar-refractivity contribution in [2.45, 2.75) is 64.8 Å². The summed E-state index contributed by atoms with van der Waals surface area (Å²) in [6.45, 7) is 9.16. The molecule has 1 unspecified atom stereocenters. The molecule has 1 aromatic rings. The number of hydrogen-bond donors (Lipinski definition) is 1. The number of aromatic nitrogens is 2. The van der Waals surface area contributed by atoms with Gasteiger partial charge in [0, 0.05) is 24.2 Å². The minimum atomic E-state index is 0.234. The topological polar surface area (TPSA) is 29.9 Å². The van der Waals surface area contributed by atoms with Crippen LogP contribution in [0.4, 0.5) is 5.95 Å². The van der Waals surface area contributed by atoms with Crippen molar-refractivity contribution in [1.82, 2.24) is 9.55 Å². The van der Waals surface area contributed by atoms with Gasteiger partial charge >= 0.3 is 0 Å². The lowest BCUT2D eigenvalue weighted by Gasteiger charge is -2.30. The molecule has 1 aliphatic carbocycles. The van der Waals surface area contributed by atoms with Crippen LogP contribution in [0.2, 0.25) is 0 Å². The summed E-state index contributed by atoms with van der Waals surface area (Å²) in [6.07, 6.45) is 4.86. The van der Waals surface area contributed by atoms with E-state index in [1.165, 1.54) is 30.7 Å². The van der Waals surface area contributed by atoms with Crippen molar-refractivity contribution in [3.05, 3.63) is 11.4 Å². The molecule has 96 valence electrons. The molecule has 1 atom stereocenters. The summed E-state index contributed by atoms with van der Waals surface area (Å²) in [5.74, 6) is 1.04. The molecule has 3 heteroatoms. The lowest BCUT2D eigenvalue weighted by molar-refractivity contribution is 0.405.